The van der Waals surface area contributed by atoms with Crippen molar-refractivity contribution in [3.8, 4) is 0 Å². The fraction of sp³-hybridized carbons (Fsp3) is 0.333. The third kappa shape index (κ3) is 6.80. The molecule has 1 aliphatic rings. The number of aryl methyl sites for hydroxylation is 1. The van der Waals surface area contributed by atoms with Crippen molar-refractivity contribution in [2.45, 2.75) is 65.0 Å². The summed E-state index contributed by atoms with van der Waals surface area (Å²) < 4.78 is 5.81. The van der Waals surface area contributed by atoms with Crippen LogP contribution in [0.5, 0.6) is 0 Å². The number of carbonyl (C=O) groups is 1. The molecule has 3 N–H and O–H groups in total. The maximum Gasteiger partial charge on any atom is 0.338 e. The van der Waals surface area contributed by atoms with Crippen molar-refractivity contribution in [1.29, 1.82) is 0 Å². The van der Waals surface area contributed by atoms with E-state index >= 15 is 0 Å². The molecule has 1 aromatic carbocycles. The summed E-state index contributed by atoms with van der Waals surface area (Å²) in [7, 11) is 0. The fourth-order valence-electron chi connectivity index (χ4n) is 4.28. The summed E-state index contributed by atoms with van der Waals surface area (Å²) in [5.74, 6) is -0.312. The molecule has 1 fully saturated rings. The van der Waals surface area contributed by atoms with E-state index in [2.05, 4.69) is 30.4 Å². The van der Waals surface area contributed by atoms with E-state index in [4.69, 9.17) is 10.5 Å². The minimum Gasteiger partial charge on any atom is -0.459 e. The molecule has 0 spiro atoms. The Morgan fingerprint density at radius 2 is 1.97 bits per heavy atom. The standard InChI is InChI=1S/C30H37N3O2/c1-7-23(29(34)35-26-14-16-30(6,31)17-15-26)18-25-19-24(13-12-20(25)3)22(5)28(32-8-2)27-11-9-10-21(4)33-27/h7-13,18-19,26,32H,2-3,14-17,31H2,1,4-6H3/b23-7+,25-18-,28-22+. The highest BCUT2D eigenvalue weighted by molar-refractivity contribution is 5.97. The molecule has 184 valence electrons. The van der Waals surface area contributed by atoms with E-state index < -0.39 is 0 Å². The van der Waals surface area contributed by atoms with Gasteiger partial charge in [0, 0.05) is 11.2 Å². The number of ether oxygens (including phenoxy) is 1. The predicted molar refractivity (Wildman–Crippen MR) is 145 cm³/mol. The van der Waals surface area contributed by atoms with Crippen molar-refractivity contribution in [2.24, 2.45) is 5.73 Å². The lowest BCUT2D eigenvalue weighted by Gasteiger charge is -2.33. The van der Waals surface area contributed by atoms with E-state index in [0.717, 1.165) is 64.3 Å². The van der Waals surface area contributed by atoms with E-state index in [1.54, 1.807) is 12.3 Å². The highest BCUT2D eigenvalue weighted by Gasteiger charge is 2.29. The molecule has 0 radical (unpaired) electrons. The van der Waals surface area contributed by atoms with Crippen LogP contribution in [0.3, 0.4) is 0 Å². The Morgan fingerprint density at radius 3 is 2.60 bits per heavy atom. The molecular formula is C30H37N3O2. The Bertz CT molecular complexity index is 1260. The largest absolute Gasteiger partial charge is 0.459 e. The predicted octanol–water partition coefficient (Wildman–Crippen LogP) is 4.35. The van der Waals surface area contributed by atoms with Gasteiger partial charge in [0.25, 0.3) is 0 Å². The molecule has 1 aliphatic carbocycles. The van der Waals surface area contributed by atoms with E-state index in [1.165, 1.54) is 0 Å². The van der Waals surface area contributed by atoms with Crippen LogP contribution < -0.4 is 21.5 Å². The second kappa shape index (κ2) is 11.3. The number of benzene rings is 1. The molecule has 1 aromatic heterocycles. The van der Waals surface area contributed by atoms with Gasteiger partial charge in [0.05, 0.1) is 17.0 Å². The van der Waals surface area contributed by atoms with Crippen molar-refractivity contribution >= 4 is 29.9 Å². The zero-order valence-electron chi connectivity index (χ0n) is 21.4. The maximum absolute atomic E-state index is 12.9. The van der Waals surface area contributed by atoms with Crippen LogP contribution in [0.4, 0.5) is 0 Å². The van der Waals surface area contributed by atoms with Crippen LogP contribution >= 0.6 is 0 Å². The first kappa shape index (κ1) is 26.2. The number of hydrogen-bond acceptors (Lipinski definition) is 5. The molecule has 1 saturated carbocycles. The van der Waals surface area contributed by atoms with Gasteiger partial charge in [-0.3, -0.25) is 4.98 Å². The summed E-state index contributed by atoms with van der Waals surface area (Å²) in [6.07, 6.45) is 8.49. The van der Waals surface area contributed by atoms with Crippen molar-refractivity contribution in [2.75, 3.05) is 0 Å². The summed E-state index contributed by atoms with van der Waals surface area (Å²) in [5.41, 5.74) is 11.2. The quantitative estimate of drug-likeness (QED) is 0.464. The van der Waals surface area contributed by atoms with Gasteiger partial charge in [-0.2, -0.15) is 0 Å². The van der Waals surface area contributed by atoms with Crippen LogP contribution in [-0.2, 0) is 9.53 Å². The highest BCUT2D eigenvalue weighted by atomic mass is 16.5. The zero-order valence-corrected chi connectivity index (χ0v) is 21.4. The molecule has 35 heavy (non-hydrogen) atoms. The van der Waals surface area contributed by atoms with Gasteiger partial charge in [-0.25, -0.2) is 4.79 Å². The molecular weight excluding hydrogens is 434 g/mol. The van der Waals surface area contributed by atoms with Crippen molar-refractivity contribution in [3.63, 3.8) is 0 Å². The van der Waals surface area contributed by atoms with Gasteiger partial charge in [0.2, 0.25) is 0 Å². The molecule has 0 unspecified atom stereocenters. The van der Waals surface area contributed by atoms with Gasteiger partial charge in [-0.15, -0.1) is 0 Å². The number of carbonyl (C=O) groups excluding carboxylic acids is 1. The Kier molecular flexibility index (Phi) is 8.47. The Hall–Kier alpha value is -3.44. The second-order valence-corrected chi connectivity index (χ2v) is 9.57. The summed E-state index contributed by atoms with van der Waals surface area (Å²) in [4.78, 5) is 17.6. The Balaban J connectivity index is 1.93. The topological polar surface area (TPSA) is 77.2 Å². The highest BCUT2D eigenvalue weighted by Crippen LogP contribution is 2.28. The Morgan fingerprint density at radius 1 is 1.26 bits per heavy atom. The van der Waals surface area contributed by atoms with E-state index in [1.807, 2.05) is 63.2 Å². The number of nitrogens with zero attached hydrogens (tertiary/aromatic N) is 1. The van der Waals surface area contributed by atoms with Crippen LogP contribution in [0.25, 0.3) is 23.9 Å². The summed E-state index contributed by atoms with van der Waals surface area (Å²) >= 11 is 0. The average Bonchev–Trinajstić information content (AvgIpc) is 2.82. The number of pyridine rings is 1. The number of aromatic nitrogens is 1. The fourth-order valence-corrected chi connectivity index (χ4v) is 4.28. The number of rotatable bonds is 7. The number of hydrogen-bond donors (Lipinski definition) is 2. The lowest BCUT2D eigenvalue weighted by molar-refractivity contribution is -0.145. The van der Waals surface area contributed by atoms with Crippen molar-refractivity contribution in [3.05, 3.63) is 88.2 Å². The summed E-state index contributed by atoms with van der Waals surface area (Å²) in [5, 5.41) is 4.93. The summed E-state index contributed by atoms with van der Waals surface area (Å²) in [6.45, 7) is 15.9. The lowest BCUT2D eigenvalue weighted by atomic mass is 9.83. The minimum absolute atomic E-state index is 0.0902. The van der Waals surface area contributed by atoms with Gasteiger partial charge in [0.1, 0.15) is 6.10 Å². The monoisotopic (exact) mass is 471 g/mol. The maximum atomic E-state index is 12.9. The van der Waals surface area contributed by atoms with Gasteiger partial charge in [-0.05, 0) is 105 Å². The molecule has 5 heteroatoms. The van der Waals surface area contributed by atoms with Crippen molar-refractivity contribution in [1.82, 2.24) is 10.3 Å². The van der Waals surface area contributed by atoms with Gasteiger partial charge in [0.15, 0.2) is 0 Å². The molecule has 1 heterocycles. The van der Waals surface area contributed by atoms with Gasteiger partial charge < -0.3 is 15.8 Å². The molecule has 0 atom stereocenters. The Labute approximate surface area is 208 Å². The molecule has 2 aromatic rings. The third-order valence-corrected chi connectivity index (χ3v) is 6.55. The van der Waals surface area contributed by atoms with Crippen LogP contribution in [-0.4, -0.2) is 22.6 Å². The number of nitrogens with two attached hydrogens (primary N) is 1. The number of nitrogens with one attached hydrogen (secondary N) is 1. The molecule has 0 amide bonds. The van der Waals surface area contributed by atoms with Crippen molar-refractivity contribution < 1.29 is 9.53 Å². The van der Waals surface area contributed by atoms with Gasteiger partial charge >= 0.3 is 5.97 Å². The van der Waals surface area contributed by atoms with E-state index in [9.17, 15) is 4.79 Å². The second-order valence-electron chi connectivity index (χ2n) is 9.57. The van der Waals surface area contributed by atoms with Crippen LogP contribution in [0.1, 0.15) is 63.4 Å². The minimum atomic E-state index is -0.312. The molecule has 0 bridgehead atoms. The van der Waals surface area contributed by atoms with E-state index in [0.29, 0.717) is 5.57 Å². The summed E-state index contributed by atoms with van der Waals surface area (Å²) in [6, 6.07) is 11.9. The first-order chi connectivity index (χ1) is 16.6. The average molecular weight is 472 g/mol. The smallest absolute Gasteiger partial charge is 0.338 e. The zero-order chi connectivity index (χ0) is 25.6. The first-order valence-corrected chi connectivity index (χ1v) is 12.1. The number of esters is 1. The van der Waals surface area contributed by atoms with Crippen LogP contribution in [0.2, 0.25) is 0 Å². The molecule has 5 nitrogen and oxygen atoms in total. The van der Waals surface area contributed by atoms with Crippen LogP contribution in [0.15, 0.2) is 60.8 Å². The lowest BCUT2D eigenvalue weighted by Crippen LogP contribution is -2.42. The molecule has 3 rings (SSSR count). The SMILES string of the molecule is C=CN/C(=C(\C)c1ccc(=C)/c(=C\C(=C/C)C(=O)OC2CCC(C)(N)CC2)c1)c1cccc(C)n1. The molecule has 0 aliphatic heterocycles. The third-order valence-electron chi connectivity index (χ3n) is 6.55. The normalized spacial score (nSPS) is 21.8. The van der Waals surface area contributed by atoms with E-state index in [-0.39, 0.29) is 17.6 Å². The van der Waals surface area contributed by atoms with Gasteiger partial charge in [-0.1, -0.05) is 37.4 Å². The first-order valence-electron chi connectivity index (χ1n) is 12.1. The number of allylic oxidation sites excluding steroid dienone is 2. The molecule has 0 saturated heterocycles. The van der Waals surface area contributed by atoms with Crippen LogP contribution in [0, 0.1) is 6.92 Å².